The van der Waals surface area contributed by atoms with Crippen molar-refractivity contribution in [2.24, 2.45) is 46.3 Å². The minimum atomic E-state index is -0.635. The van der Waals surface area contributed by atoms with E-state index in [1.54, 1.807) is 10.5 Å². The van der Waals surface area contributed by atoms with Crippen LogP contribution in [0.25, 0.3) is 0 Å². The number of amides is 2. The first-order valence-electron chi connectivity index (χ1n) is 26.8. The van der Waals surface area contributed by atoms with E-state index in [0.717, 1.165) is 74.0 Å². The predicted octanol–water partition coefficient (Wildman–Crippen LogP) is 14.1. The first kappa shape index (κ1) is 56.6. The van der Waals surface area contributed by atoms with Crippen LogP contribution >= 0.6 is 0 Å². The third-order valence-electron chi connectivity index (χ3n) is 15.9. The second kappa shape index (κ2) is 24.3. The second-order valence-corrected chi connectivity index (χ2v) is 25.2. The van der Waals surface area contributed by atoms with E-state index in [0.29, 0.717) is 57.0 Å². The SMILES string of the molecule is C=C(NCCCN(CCCCN(CCCNC(=O)OC(C)(C)C)C(=O)OC(C)(C)C)C(C)C(=O)O[C@H]1CC[C@@]2(C)C(=CC[C@H]3C4CCC([C@H](C)CCCC(C)C)[C@@]4(C)CCC32)C1)OC(C)(C)C.[HH].[HH].[HH].[HH].[HH]. The Kier molecular flexibility index (Phi) is 20.5. The molecule has 2 N–H and O–H groups in total. The van der Waals surface area contributed by atoms with Gasteiger partial charge in [0.2, 0.25) is 0 Å². The zero-order chi connectivity index (χ0) is 50.0. The first-order valence-corrected chi connectivity index (χ1v) is 26.8. The maximum absolute atomic E-state index is 14.2. The molecule has 4 rings (SSSR count). The molecule has 67 heavy (non-hydrogen) atoms. The molecule has 0 heterocycles. The van der Waals surface area contributed by atoms with Crippen LogP contribution in [0.2, 0.25) is 0 Å². The normalized spacial score (nSPS) is 27.2. The molecule has 0 aromatic rings. The molecule has 0 aromatic heterocycles. The summed E-state index contributed by atoms with van der Waals surface area (Å²) in [6.07, 6.45) is 18.1. The van der Waals surface area contributed by atoms with E-state index in [4.69, 9.17) is 18.9 Å². The number of alkyl carbamates (subject to hydrolysis) is 1. The Morgan fingerprint density at radius 1 is 0.746 bits per heavy atom. The largest absolute Gasteiger partial charge is 0.474 e. The number of nitrogens with one attached hydrogen (secondary N) is 2. The lowest BCUT2D eigenvalue weighted by Crippen LogP contribution is -2.51. The van der Waals surface area contributed by atoms with Crippen LogP contribution in [0.4, 0.5) is 9.59 Å². The van der Waals surface area contributed by atoms with Crippen molar-refractivity contribution in [3.05, 3.63) is 24.1 Å². The molecule has 4 aliphatic rings. The van der Waals surface area contributed by atoms with Gasteiger partial charge in [-0.1, -0.05) is 65.5 Å². The Morgan fingerprint density at radius 3 is 2.01 bits per heavy atom. The summed E-state index contributed by atoms with van der Waals surface area (Å²) in [7, 11) is 0. The summed E-state index contributed by atoms with van der Waals surface area (Å²) in [6, 6.07) is -0.424. The van der Waals surface area contributed by atoms with Crippen molar-refractivity contribution in [2.45, 2.75) is 229 Å². The molecule has 0 bridgehead atoms. The Bertz CT molecular complexity index is 1670. The summed E-state index contributed by atoms with van der Waals surface area (Å²) in [5.74, 6) is 5.18. The van der Waals surface area contributed by atoms with Crippen molar-refractivity contribution in [2.75, 3.05) is 39.3 Å². The van der Waals surface area contributed by atoms with E-state index in [2.05, 4.69) is 62.8 Å². The molecule has 3 saturated carbocycles. The van der Waals surface area contributed by atoms with Crippen LogP contribution in [-0.4, -0.2) is 96.2 Å². The molecule has 0 spiro atoms. The van der Waals surface area contributed by atoms with Crippen LogP contribution in [0.1, 0.15) is 207 Å². The van der Waals surface area contributed by atoms with Gasteiger partial charge in [0.15, 0.2) is 5.88 Å². The van der Waals surface area contributed by atoms with Gasteiger partial charge in [-0.15, -0.1) is 0 Å². The van der Waals surface area contributed by atoms with Gasteiger partial charge in [0.1, 0.15) is 28.9 Å². The lowest BCUT2D eigenvalue weighted by molar-refractivity contribution is -0.157. The van der Waals surface area contributed by atoms with Crippen molar-refractivity contribution < 1.29 is 40.5 Å². The molecule has 11 nitrogen and oxygen atoms in total. The number of fused-ring (bicyclic) bond motifs is 5. The van der Waals surface area contributed by atoms with Crippen molar-refractivity contribution in [1.29, 1.82) is 0 Å². The zero-order valence-corrected chi connectivity index (χ0v) is 45.5. The van der Waals surface area contributed by atoms with Gasteiger partial charge in [0.05, 0.1) is 0 Å². The molecule has 0 saturated heterocycles. The number of rotatable bonds is 23. The molecule has 0 aromatic carbocycles. The maximum atomic E-state index is 14.2. The van der Waals surface area contributed by atoms with Crippen LogP contribution in [-0.2, 0) is 23.7 Å². The number of hydrogen-bond acceptors (Lipinski definition) is 9. The minimum absolute atomic E-state index is 0. The van der Waals surface area contributed by atoms with E-state index >= 15 is 0 Å². The van der Waals surface area contributed by atoms with Crippen molar-refractivity contribution in [3.8, 4) is 0 Å². The average molecular weight is 952 g/mol. The van der Waals surface area contributed by atoms with Gasteiger partial charge < -0.3 is 34.5 Å². The molecule has 0 aliphatic heterocycles. The molecule has 3 fully saturated rings. The highest BCUT2D eigenvalue weighted by molar-refractivity contribution is 5.75. The lowest BCUT2D eigenvalue weighted by atomic mass is 9.47. The molecule has 0 radical (unpaired) electrons. The number of esters is 1. The third-order valence-corrected chi connectivity index (χ3v) is 15.9. The molecule has 11 heteroatoms. The van der Waals surface area contributed by atoms with Crippen LogP contribution in [0.5, 0.6) is 0 Å². The number of carbonyl (C=O) groups is 3. The second-order valence-electron chi connectivity index (χ2n) is 25.2. The van der Waals surface area contributed by atoms with E-state index in [9.17, 15) is 14.4 Å². The maximum Gasteiger partial charge on any atom is 0.410 e. The van der Waals surface area contributed by atoms with Crippen LogP contribution in [0.3, 0.4) is 0 Å². The van der Waals surface area contributed by atoms with E-state index in [1.807, 2.05) is 69.2 Å². The quantitative estimate of drug-likeness (QED) is 0.0339. The van der Waals surface area contributed by atoms with Gasteiger partial charge in [-0.25, -0.2) is 9.59 Å². The first-order chi connectivity index (χ1) is 31.1. The highest BCUT2D eigenvalue weighted by atomic mass is 16.6. The predicted molar refractivity (Wildman–Crippen MR) is 283 cm³/mol. The van der Waals surface area contributed by atoms with Gasteiger partial charge in [0.25, 0.3) is 0 Å². The number of allylic oxidation sites excluding steroid dienone is 1. The average Bonchev–Trinajstić information content (AvgIpc) is 3.56. The topological polar surface area (TPSA) is 119 Å². The molecule has 4 aliphatic carbocycles. The third kappa shape index (κ3) is 17.2. The number of carbonyl (C=O) groups excluding carboxylic acids is 3. The number of hydrogen-bond donors (Lipinski definition) is 2. The summed E-state index contributed by atoms with van der Waals surface area (Å²) in [5.41, 5.74) is 0.647. The zero-order valence-electron chi connectivity index (χ0n) is 45.5. The van der Waals surface area contributed by atoms with Crippen molar-refractivity contribution in [1.82, 2.24) is 20.4 Å². The molecular weight excluding hydrogens is 841 g/mol. The highest BCUT2D eigenvalue weighted by Crippen LogP contribution is 2.67. The molecule has 4 unspecified atom stereocenters. The summed E-state index contributed by atoms with van der Waals surface area (Å²) >= 11 is 0. The van der Waals surface area contributed by atoms with Gasteiger partial charge in [0, 0.05) is 46.3 Å². The van der Waals surface area contributed by atoms with Crippen molar-refractivity contribution >= 4 is 18.2 Å². The van der Waals surface area contributed by atoms with E-state index in [-0.39, 0.29) is 36.3 Å². The molecule has 9 atom stereocenters. The summed E-state index contributed by atoms with van der Waals surface area (Å²) in [6.45, 7) is 39.0. The van der Waals surface area contributed by atoms with E-state index in [1.165, 1.54) is 51.4 Å². The van der Waals surface area contributed by atoms with Crippen molar-refractivity contribution in [3.63, 3.8) is 0 Å². The number of ether oxygens (including phenoxy) is 4. The van der Waals surface area contributed by atoms with Crippen LogP contribution < -0.4 is 10.6 Å². The molecule has 2 amide bonds. The fourth-order valence-electron chi connectivity index (χ4n) is 12.6. The molecule has 396 valence electrons. The van der Waals surface area contributed by atoms with Gasteiger partial charge >= 0.3 is 18.2 Å². The summed E-state index contributed by atoms with van der Waals surface area (Å²) in [5, 5.41) is 6.10. The van der Waals surface area contributed by atoms with Gasteiger partial charge in [-0.05, 0) is 199 Å². The number of unbranched alkanes of at least 4 members (excludes halogenated alkanes) is 1. The molecular formula is C56H110N4O7. The lowest BCUT2D eigenvalue weighted by Gasteiger charge is -2.58. The smallest absolute Gasteiger partial charge is 0.410 e. The Morgan fingerprint density at radius 2 is 1.36 bits per heavy atom. The van der Waals surface area contributed by atoms with Crippen LogP contribution in [0, 0.1) is 46.3 Å². The van der Waals surface area contributed by atoms with Gasteiger partial charge in [-0.2, -0.15) is 0 Å². The Hall–Kier alpha value is -2.95. The Balaban J connectivity index is 0. The monoisotopic (exact) mass is 951 g/mol. The van der Waals surface area contributed by atoms with Crippen LogP contribution in [0.15, 0.2) is 24.1 Å². The summed E-state index contributed by atoms with van der Waals surface area (Å²) < 4.78 is 23.5. The minimum Gasteiger partial charge on any atom is -0.474 e. The fourth-order valence-corrected chi connectivity index (χ4v) is 12.6. The Labute approximate surface area is 416 Å². The standard InChI is InChI=1S/C56H100N4O7.5H2/c1-39(2)22-19-23-40(3)46-26-27-47-45-25-24-43-38-44(28-30-55(43,15)48(45)29-31-56(46,47)16)64-49(61)41(4)59(36-20-32-57-42(5)65-52(6,7)8)34-17-18-35-60(51(63)67-54(12,13)14)37-21-33-58-50(62)66-53(9,10)11;;;;;/h24,39-41,44-48,57H,5,17-23,25-38H2,1-4,6-16H3,(H,58,62);5*1H/t40-,41?,44+,45+,46?,47?,48?,55+,56-;;;;;/m1...../s1. The van der Waals surface area contributed by atoms with E-state index < -0.39 is 23.3 Å². The summed E-state index contributed by atoms with van der Waals surface area (Å²) in [4.78, 5) is 43.6. The highest BCUT2D eigenvalue weighted by Gasteiger charge is 2.59. The van der Waals surface area contributed by atoms with Gasteiger partial charge in [-0.3, -0.25) is 9.69 Å². The number of nitrogens with zero attached hydrogens (tertiary/aromatic N) is 2. The fraction of sp³-hybridized carbons (Fsp3) is 0.875.